The van der Waals surface area contributed by atoms with Gasteiger partial charge in [-0.1, -0.05) is 29.8 Å². The van der Waals surface area contributed by atoms with Crippen LogP contribution in [0.2, 0.25) is 5.02 Å². The number of carbonyl (C=O) groups is 3. The highest BCUT2D eigenvalue weighted by atomic mass is 35.5. The van der Waals surface area contributed by atoms with Gasteiger partial charge in [0.2, 0.25) is 0 Å². The van der Waals surface area contributed by atoms with Crippen molar-refractivity contribution in [2.24, 2.45) is 0 Å². The first kappa shape index (κ1) is 19.9. The van der Waals surface area contributed by atoms with Crippen molar-refractivity contribution in [1.29, 1.82) is 0 Å². The smallest absolute Gasteiger partial charge is 0.337 e. The minimum absolute atomic E-state index is 0.0632. The molecular weight excluding hydrogens is 386 g/mol. The standard InChI is InChI=1S/C20H20ClNO6/c1-10(2)28-20(26)16-11(3)22(8-15(23)24)14-9-27-19(25)18(14)17(16)12-6-4-5-7-13(12)21/h4-7,10,17H,8-9H2,1-3H3,(H,23,24). The fourth-order valence-corrected chi connectivity index (χ4v) is 3.77. The molecule has 148 valence electrons. The topological polar surface area (TPSA) is 93.1 Å². The number of carbonyl (C=O) groups excluding carboxylic acids is 2. The molecule has 0 saturated heterocycles. The van der Waals surface area contributed by atoms with Crippen LogP contribution < -0.4 is 0 Å². The van der Waals surface area contributed by atoms with Crippen LogP contribution >= 0.6 is 11.6 Å². The number of allylic oxidation sites excluding steroid dienone is 1. The summed E-state index contributed by atoms with van der Waals surface area (Å²) in [4.78, 5) is 38.3. The van der Waals surface area contributed by atoms with E-state index in [-0.39, 0.29) is 17.8 Å². The molecule has 2 aliphatic rings. The Labute approximate surface area is 167 Å². The number of rotatable bonds is 5. The van der Waals surface area contributed by atoms with E-state index in [9.17, 15) is 19.5 Å². The van der Waals surface area contributed by atoms with Gasteiger partial charge in [0.05, 0.1) is 28.9 Å². The molecule has 1 atom stereocenters. The molecule has 0 radical (unpaired) electrons. The molecular formula is C20H20ClNO6. The molecule has 1 aromatic carbocycles. The van der Waals surface area contributed by atoms with Crippen LogP contribution in [0.25, 0.3) is 0 Å². The monoisotopic (exact) mass is 405 g/mol. The number of ether oxygens (including phenoxy) is 2. The number of carboxylic acids is 1. The Bertz CT molecular complexity index is 917. The lowest BCUT2D eigenvalue weighted by Gasteiger charge is -2.35. The summed E-state index contributed by atoms with van der Waals surface area (Å²) in [5, 5.41) is 9.70. The number of halogens is 1. The minimum Gasteiger partial charge on any atom is -0.480 e. The first-order valence-electron chi connectivity index (χ1n) is 8.78. The Hall–Kier alpha value is -2.80. The summed E-state index contributed by atoms with van der Waals surface area (Å²) >= 11 is 6.38. The number of benzene rings is 1. The van der Waals surface area contributed by atoms with Crippen molar-refractivity contribution < 1.29 is 29.0 Å². The number of cyclic esters (lactones) is 1. The quantitative estimate of drug-likeness (QED) is 0.753. The zero-order valence-electron chi connectivity index (χ0n) is 15.7. The maximum Gasteiger partial charge on any atom is 0.337 e. The number of carboxylic acid groups (broad SMARTS) is 1. The van der Waals surface area contributed by atoms with Gasteiger partial charge in [-0.05, 0) is 32.4 Å². The molecule has 0 fully saturated rings. The molecule has 1 N–H and O–H groups in total. The lowest BCUT2D eigenvalue weighted by atomic mass is 9.80. The highest BCUT2D eigenvalue weighted by Crippen LogP contribution is 2.46. The van der Waals surface area contributed by atoms with Crippen molar-refractivity contribution in [2.45, 2.75) is 32.8 Å². The van der Waals surface area contributed by atoms with Crippen molar-refractivity contribution in [3.63, 3.8) is 0 Å². The summed E-state index contributed by atoms with van der Waals surface area (Å²) in [6.45, 7) is 4.59. The minimum atomic E-state index is -1.10. The number of hydrogen-bond donors (Lipinski definition) is 1. The Kier molecular flexibility index (Phi) is 5.47. The van der Waals surface area contributed by atoms with Crippen molar-refractivity contribution in [3.05, 3.63) is 57.4 Å². The fourth-order valence-electron chi connectivity index (χ4n) is 3.53. The van der Waals surface area contributed by atoms with Gasteiger partial charge in [0.25, 0.3) is 0 Å². The van der Waals surface area contributed by atoms with Crippen LogP contribution in [0, 0.1) is 0 Å². The first-order valence-corrected chi connectivity index (χ1v) is 9.15. The van der Waals surface area contributed by atoms with Gasteiger partial charge < -0.3 is 19.5 Å². The van der Waals surface area contributed by atoms with Crippen molar-refractivity contribution >= 4 is 29.5 Å². The van der Waals surface area contributed by atoms with Crippen LogP contribution in [0.4, 0.5) is 0 Å². The van der Waals surface area contributed by atoms with Crippen LogP contribution in [0.1, 0.15) is 32.3 Å². The number of nitrogens with zero attached hydrogens (tertiary/aromatic N) is 1. The van der Waals surface area contributed by atoms with Crippen molar-refractivity contribution in [3.8, 4) is 0 Å². The Balaban J connectivity index is 2.24. The Morgan fingerprint density at radius 2 is 2.04 bits per heavy atom. The molecule has 0 aromatic heterocycles. The molecule has 28 heavy (non-hydrogen) atoms. The summed E-state index contributed by atoms with van der Waals surface area (Å²) in [5.41, 5.74) is 1.78. The molecule has 3 rings (SSSR count). The van der Waals surface area contributed by atoms with E-state index >= 15 is 0 Å². The van der Waals surface area contributed by atoms with Gasteiger partial charge in [-0.25, -0.2) is 9.59 Å². The van der Waals surface area contributed by atoms with Gasteiger partial charge in [-0.3, -0.25) is 4.79 Å². The second-order valence-corrected chi connectivity index (χ2v) is 7.23. The van der Waals surface area contributed by atoms with Gasteiger partial charge in [-0.15, -0.1) is 0 Å². The second kappa shape index (κ2) is 7.67. The van der Waals surface area contributed by atoms with Gasteiger partial charge in [0.1, 0.15) is 13.2 Å². The van der Waals surface area contributed by atoms with E-state index in [1.165, 1.54) is 4.90 Å². The van der Waals surface area contributed by atoms with E-state index in [0.29, 0.717) is 22.0 Å². The van der Waals surface area contributed by atoms with Crippen LogP contribution in [0.5, 0.6) is 0 Å². The number of esters is 2. The van der Waals surface area contributed by atoms with Crippen LogP contribution in [0.15, 0.2) is 46.8 Å². The molecule has 7 nitrogen and oxygen atoms in total. The van der Waals surface area contributed by atoms with Crippen LogP contribution in [-0.2, 0) is 23.9 Å². The predicted molar refractivity (Wildman–Crippen MR) is 100 cm³/mol. The van der Waals surface area contributed by atoms with Gasteiger partial charge in [0, 0.05) is 10.7 Å². The van der Waals surface area contributed by atoms with E-state index in [0.717, 1.165) is 0 Å². The van der Waals surface area contributed by atoms with E-state index in [1.807, 2.05) is 0 Å². The first-order chi connectivity index (χ1) is 13.2. The normalized spacial score (nSPS) is 19.1. The molecule has 0 spiro atoms. The van der Waals surface area contributed by atoms with E-state index in [1.54, 1.807) is 45.0 Å². The molecule has 1 unspecified atom stereocenters. The van der Waals surface area contributed by atoms with E-state index in [2.05, 4.69) is 0 Å². The van der Waals surface area contributed by atoms with E-state index in [4.69, 9.17) is 21.1 Å². The predicted octanol–water partition coefficient (Wildman–Crippen LogP) is 2.86. The highest BCUT2D eigenvalue weighted by molar-refractivity contribution is 6.31. The summed E-state index contributed by atoms with van der Waals surface area (Å²) in [6, 6.07) is 6.90. The zero-order chi connectivity index (χ0) is 20.6. The number of hydrogen-bond acceptors (Lipinski definition) is 6. The molecule has 0 aliphatic carbocycles. The fraction of sp³-hybridized carbons (Fsp3) is 0.350. The maximum atomic E-state index is 13.0. The molecule has 0 amide bonds. The lowest BCUT2D eigenvalue weighted by Crippen LogP contribution is -2.37. The lowest BCUT2D eigenvalue weighted by molar-refractivity contribution is -0.143. The van der Waals surface area contributed by atoms with Crippen molar-refractivity contribution in [2.75, 3.05) is 13.2 Å². The largest absolute Gasteiger partial charge is 0.480 e. The van der Waals surface area contributed by atoms with Crippen LogP contribution in [-0.4, -0.2) is 47.2 Å². The molecule has 0 saturated carbocycles. The van der Waals surface area contributed by atoms with Gasteiger partial charge in [0.15, 0.2) is 0 Å². The highest BCUT2D eigenvalue weighted by Gasteiger charge is 2.45. The van der Waals surface area contributed by atoms with Gasteiger partial charge in [-0.2, -0.15) is 0 Å². The molecule has 0 bridgehead atoms. The summed E-state index contributed by atoms with van der Waals surface area (Å²) in [6.07, 6.45) is -0.390. The maximum absolute atomic E-state index is 13.0. The van der Waals surface area contributed by atoms with Gasteiger partial charge >= 0.3 is 17.9 Å². The van der Waals surface area contributed by atoms with E-state index < -0.39 is 36.5 Å². The summed E-state index contributed by atoms with van der Waals surface area (Å²) in [7, 11) is 0. The molecule has 2 aliphatic heterocycles. The third kappa shape index (κ3) is 3.49. The average molecular weight is 406 g/mol. The Morgan fingerprint density at radius 3 is 2.64 bits per heavy atom. The summed E-state index contributed by atoms with van der Waals surface area (Å²) in [5.74, 6) is -3.12. The molecule has 1 aromatic rings. The third-order valence-corrected chi connectivity index (χ3v) is 4.99. The SMILES string of the molecule is CC1=C(C(=O)OC(C)C)C(c2ccccc2Cl)C2=C(COC2=O)N1CC(=O)O. The van der Waals surface area contributed by atoms with Crippen molar-refractivity contribution in [1.82, 2.24) is 4.90 Å². The summed E-state index contributed by atoms with van der Waals surface area (Å²) < 4.78 is 10.6. The second-order valence-electron chi connectivity index (χ2n) is 6.82. The third-order valence-electron chi connectivity index (χ3n) is 4.64. The zero-order valence-corrected chi connectivity index (χ0v) is 16.4. The average Bonchev–Trinajstić information content (AvgIpc) is 2.98. The molecule has 8 heteroatoms. The van der Waals surface area contributed by atoms with Crippen LogP contribution in [0.3, 0.4) is 0 Å². The Morgan fingerprint density at radius 1 is 1.36 bits per heavy atom. The number of aliphatic carboxylic acids is 1. The molecule has 2 heterocycles.